The lowest BCUT2D eigenvalue weighted by Gasteiger charge is -2.27. The molecule has 1 unspecified atom stereocenters. The minimum atomic E-state index is -0.0543. The van der Waals surface area contributed by atoms with Crippen LogP contribution in [0.3, 0.4) is 0 Å². The summed E-state index contributed by atoms with van der Waals surface area (Å²) < 4.78 is 5.33. The zero-order valence-corrected chi connectivity index (χ0v) is 9.93. The first kappa shape index (κ1) is 11.9. The average Bonchev–Trinajstić information content (AvgIpc) is 2.39. The summed E-state index contributed by atoms with van der Waals surface area (Å²) in [6.07, 6.45) is 5.01. The zero-order chi connectivity index (χ0) is 12.3. The number of amides is 1. The second-order valence-corrected chi connectivity index (χ2v) is 4.25. The molecule has 2 heterocycles. The van der Waals surface area contributed by atoms with Crippen molar-refractivity contribution in [3.63, 3.8) is 0 Å². The maximum absolute atomic E-state index is 12.2. The standard InChI is InChI=1S/C12H17N3O2/c1-15(11-4-5-14-7-10(11)13)12(16)9-3-2-6-17-8-9/h4-5,7,9H,2-3,6,8,13H2,1H3. The predicted octanol–water partition coefficient (Wildman–Crippen LogP) is 1.05. The Labute approximate surface area is 101 Å². The molecule has 1 amide bonds. The van der Waals surface area contributed by atoms with Crippen LogP contribution in [0.2, 0.25) is 0 Å². The van der Waals surface area contributed by atoms with Crippen LogP contribution in [0.25, 0.3) is 0 Å². The normalized spacial score (nSPS) is 19.9. The number of anilines is 2. The molecule has 5 nitrogen and oxygen atoms in total. The molecular formula is C12H17N3O2. The van der Waals surface area contributed by atoms with Crippen LogP contribution < -0.4 is 10.6 Å². The summed E-state index contributed by atoms with van der Waals surface area (Å²) in [6.45, 7) is 1.26. The Balaban J connectivity index is 2.11. The van der Waals surface area contributed by atoms with Gasteiger partial charge in [-0.2, -0.15) is 0 Å². The highest BCUT2D eigenvalue weighted by Crippen LogP contribution is 2.24. The van der Waals surface area contributed by atoms with Crippen LogP contribution in [0.4, 0.5) is 11.4 Å². The number of ether oxygens (including phenoxy) is 1. The van der Waals surface area contributed by atoms with E-state index < -0.39 is 0 Å². The fourth-order valence-corrected chi connectivity index (χ4v) is 2.03. The summed E-state index contributed by atoms with van der Waals surface area (Å²) in [5.74, 6) is 0.00363. The highest BCUT2D eigenvalue weighted by Gasteiger charge is 2.26. The topological polar surface area (TPSA) is 68.5 Å². The lowest BCUT2D eigenvalue weighted by molar-refractivity contribution is -0.125. The molecule has 2 rings (SSSR count). The molecule has 0 bridgehead atoms. The van der Waals surface area contributed by atoms with E-state index in [0.29, 0.717) is 18.0 Å². The molecule has 1 aliphatic rings. The molecule has 0 radical (unpaired) electrons. The van der Waals surface area contributed by atoms with Crippen molar-refractivity contribution >= 4 is 17.3 Å². The molecule has 0 aromatic carbocycles. The molecule has 0 saturated carbocycles. The van der Waals surface area contributed by atoms with Crippen molar-refractivity contribution < 1.29 is 9.53 Å². The summed E-state index contributed by atoms with van der Waals surface area (Å²) in [4.78, 5) is 17.7. The summed E-state index contributed by atoms with van der Waals surface area (Å²) in [5.41, 5.74) is 7.02. The first-order valence-corrected chi connectivity index (χ1v) is 5.75. The Kier molecular flexibility index (Phi) is 3.58. The molecular weight excluding hydrogens is 218 g/mol. The first-order valence-electron chi connectivity index (χ1n) is 5.75. The lowest BCUT2D eigenvalue weighted by atomic mass is 10.0. The van der Waals surface area contributed by atoms with Crippen molar-refractivity contribution in [2.45, 2.75) is 12.8 Å². The fourth-order valence-electron chi connectivity index (χ4n) is 2.03. The number of hydrogen-bond donors (Lipinski definition) is 1. The summed E-state index contributed by atoms with van der Waals surface area (Å²) in [5, 5.41) is 0. The number of rotatable bonds is 2. The molecule has 92 valence electrons. The van der Waals surface area contributed by atoms with Crippen LogP contribution in [0.1, 0.15) is 12.8 Å². The van der Waals surface area contributed by atoms with Gasteiger partial charge in [-0.3, -0.25) is 9.78 Å². The Morgan fingerprint density at radius 3 is 3.12 bits per heavy atom. The van der Waals surface area contributed by atoms with Crippen molar-refractivity contribution in [2.24, 2.45) is 5.92 Å². The van der Waals surface area contributed by atoms with Gasteiger partial charge in [0.15, 0.2) is 0 Å². The summed E-state index contributed by atoms with van der Waals surface area (Å²) in [6, 6.07) is 1.75. The Hall–Kier alpha value is -1.62. The maximum Gasteiger partial charge on any atom is 0.232 e. The molecule has 17 heavy (non-hydrogen) atoms. The van der Waals surface area contributed by atoms with Gasteiger partial charge < -0.3 is 15.4 Å². The monoisotopic (exact) mass is 235 g/mol. The van der Waals surface area contributed by atoms with Crippen molar-refractivity contribution in [2.75, 3.05) is 30.9 Å². The molecule has 1 aromatic heterocycles. The Morgan fingerprint density at radius 1 is 1.65 bits per heavy atom. The smallest absolute Gasteiger partial charge is 0.232 e. The van der Waals surface area contributed by atoms with Crippen LogP contribution in [-0.4, -0.2) is 31.2 Å². The number of carbonyl (C=O) groups excluding carboxylic acids is 1. The molecule has 1 atom stereocenters. The maximum atomic E-state index is 12.2. The van der Waals surface area contributed by atoms with Crippen molar-refractivity contribution in [3.8, 4) is 0 Å². The van der Waals surface area contributed by atoms with Gasteiger partial charge in [0.2, 0.25) is 5.91 Å². The largest absolute Gasteiger partial charge is 0.396 e. The third-order valence-electron chi connectivity index (χ3n) is 3.03. The second kappa shape index (κ2) is 5.14. The highest BCUT2D eigenvalue weighted by atomic mass is 16.5. The van der Waals surface area contributed by atoms with Gasteiger partial charge in [0.1, 0.15) is 0 Å². The van der Waals surface area contributed by atoms with E-state index in [1.54, 1.807) is 30.4 Å². The molecule has 1 fully saturated rings. The summed E-state index contributed by atoms with van der Waals surface area (Å²) in [7, 11) is 1.74. The molecule has 0 spiro atoms. The number of aromatic nitrogens is 1. The minimum absolute atomic E-state index is 0.0543. The van der Waals surface area contributed by atoms with Gasteiger partial charge in [-0.05, 0) is 18.9 Å². The summed E-state index contributed by atoms with van der Waals surface area (Å²) >= 11 is 0. The van der Waals surface area contributed by atoms with E-state index in [0.717, 1.165) is 19.4 Å². The van der Waals surface area contributed by atoms with Gasteiger partial charge in [0, 0.05) is 19.9 Å². The molecule has 0 aliphatic carbocycles. The van der Waals surface area contributed by atoms with Crippen molar-refractivity contribution in [3.05, 3.63) is 18.5 Å². The van der Waals surface area contributed by atoms with Gasteiger partial charge in [-0.25, -0.2) is 0 Å². The average molecular weight is 235 g/mol. The number of nitrogens with zero attached hydrogens (tertiary/aromatic N) is 2. The third kappa shape index (κ3) is 2.55. The molecule has 1 saturated heterocycles. The van der Waals surface area contributed by atoms with Crippen molar-refractivity contribution in [1.82, 2.24) is 4.98 Å². The van der Waals surface area contributed by atoms with Gasteiger partial charge in [-0.15, -0.1) is 0 Å². The van der Waals surface area contributed by atoms with Crippen molar-refractivity contribution in [1.29, 1.82) is 0 Å². The molecule has 5 heteroatoms. The Bertz CT molecular complexity index is 402. The van der Waals surface area contributed by atoms with E-state index in [9.17, 15) is 4.79 Å². The fraction of sp³-hybridized carbons (Fsp3) is 0.500. The number of hydrogen-bond acceptors (Lipinski definition) is 4. The predicted molar refractivity (Wildman–Crippen MR) is 65.6 cm³/mol. The van der Waals surface area contributed by atoms with Gasteiger partial charge in [-0.1, -0.05) is 0 Å². The van der Waals surface area contributed by atoms with Crippen LogP contribution in [0.15, 0.2) is 18.5 Å². The minimum Gasteiger partial charge on any atom is -0.396 e. The molecule has 1 aliphatic heterocycles. The van der Waals surface area contributed by atoms with Gasteiger partial charge in [0.05, 0.1) is 30.1 Å². The second-order valence-electron chi connectivity index (χ2n) is 4.25. The third-order valence-corrected chi connectivity index (χ3v) is 3.03. The van der Waals surface area contributed by atoms with Crippen LogP contribution in [0, 0.1) is 5.92 Å². The number of pyridine rings is 1. The van der Waals surface area contributed by atoms with E-state index >= 15 is 0 Å². The SMILES string of the molecule is CN(C(=O)C1CCCOC1)c1ccncc1N. The van der Waals surface area contributed by atoms with E-state index in [4.69, 9.17) is 10.5 Å². The Morgan fingerprint density at radius 2 is 2.47 bits per heavy atom. The highest BCUT2D eigenvalue weighted by molar-refractivity contribution is 5.97. The van der Waals surface area contributed by atoms with E-state index in [2.05, 4.69) is 4.98 Å². The van der Waals surface area contributed by atoms with Gasteiger partial charge >= 0.3 is 0 Å². The number of nitrogens with two attached hydrogens (primary N) is 1. The number of nitrogen functional groups attached to an aromatic ring is 1. The van der Waals surface area contributed by atoms with E-state index in [1.807, 2.05) is 0 Å². The number of carbonyl (C=O) groups is 1. The van der Waals surface area contributed by atoms with Crippen LogP contribution >= 0.6 is 0 Å². The van der Waals surface area contributed by atoms with E-state index in [1.165, 1.54) is 0 Å². The van der Waals surface area contributed by atoms with Gasteiger partial charge in [0.25, 0.3) is 0 Å². The lowest BCUT2D eigenvalue weighted by Crippen LogP contribution is -2.37. The first-order chi connectivity index (χ1) is 8.20. The molecule has 2 N–H and O–H groups in total. The molecule has 1 aromatic rings. The quantitative estimate of drug-likeness (QED) is 0.832. The zero-order valence-electron chi connectivity index (χ0n) is 9.93. The van der Waals surface area contributed by atoms with Crippen LogP contribution in [-0.2, 0) is 9.53 Å². The van der Waals surface area contributed by atoms with Crippen LogP contribution in [0.5, 0.6) is 0 Å². The van der Waals surface area contributed by atoms with E-state index in [-0.39, 0.29) is 11.8 Å².